The predicted molar refractivity (Wildman–Crippen MR) is 119 cm³/mol. The highest BCUT2D eigenvalue weighted by atomic mass is 32.2. The lowest BCUT2D eigenvalue weighted by atomic mass is 10.1. The van der Waals surface area contributed by atoms with Gasteiger partial charge in [0.25, 0.3) is 5.91 Å². The van der Waals surface area contributed by atoms with Crippen molar-refractivity contribution in [2.45, 2.75) is 43.5 Å². The second kappa shape index (κ2) is 9.96. The number of hydrogen-bond donors (Lipinski definition) is 1. The number of nitrogens with one attached hydrogen (secondary N) is 1. The molecule has 1 amide bonds. The smallest absolute Gasteiger partial charge is 0.252 e. The minimum absolute atomic E-state index is 0.0529. The number of aromatic nitrogens is 1. The number of amides is 1. The third kappa shape index (κ3) is 5.32. The van der Waals surface area contributed by atoms with Crippen LogP contribution in [-0.4, -0.2) is 29.1 Å². The van der Waals surface area contributed by atoms with Gasteiger partial charge >= 0.3 is 0 Å². The molecule has 1 aliphatic rings. The van der Waals surface area contributed by atoms with Gasteiger partial charge in [0.1, 0.15) is 5.76 Å². The van der Waals surface area contributed by atoms with Gasteiger partial charge in [0, 0.05) is 24.1 Å². The van der Waals surface area contributed by atoms with Crippen LogP contribution in [0.15, 0.2) is 64.0 Å². The van der Waals surface area contributed by atoms with Gasteiger partial charge in [-0.15, -0.1) is 11.8 Å². The van der Waals surface area contributed by atoms with Crippen LogP contribution >= 0.6 is 11.8 Å². The molecule has 6 heteroatoms. The Hall–Kier alpha value is -2.57. The lowest BCUT2D eigenvalue weighted by Crippen LogP contribution is -2.25. The summed E-state index contributed by atoms with van der Waals surface area (Å²) in [6.45, 7) is 5.71. The highest BCUT2D eigenvalue weighted by molar-refractivity contribution is 7.98. The van der Waals surface area contributed by atoms with Crippen molar-refractivity contribution in [3.8, 4) is 0 Å². The van der Waals surface area contributed by atoms with E-state index in [2.05, 4.69) is 33.6 Å². The van der Waals surface area contributed by atoms with Crippen molar-refractivity contribution < 1.29 is 9.32 Å². The van der Waals surface area contributed by atoms with Crippen LogP contribution in [0.2, 0.25) is 0 Å². The fraction of sp³-hybridized carbons (Fsp3) is 0.333. The number of carbonyl (C=O) groups is 1. The minimum atomic E-state index is -0.0529. The van der Waals surface area contributed by atoms with Gasteiger partial charge in [-0.1, -0.05) is 41.6 Å². The minimum Gasteiger partial charge on any atom is -0.360 e. The van der Waals surface area contributed by atoms with Gasteiger partial charge in [-0.2, -0.15) is 0 Å². The molecular weight excluding hydrogens is 394 g/mol. The molecule has 2 heterocycles. The molecule has 1 N–H and O–H groups in total. The van der Waals surface area contributed by atoms with Crippen molar-refractivity contribution in [3.63, 3.8) is 0 Å². The summed E-state index contributed by atoms with van der Waals surface area (Å²) in [7, 11) is 0. The van der Waals surface area contributed by atoms with Crippen LogP contribution in [0.1, 0.15) is 45.8 Å². The topological polar surface area (TPSA) is 58.4 Å². The second-order valence-corrected chi connectivity index (χ2v) is 8.67. The van der Waals surface area contributed by atoms with Crippen molar-refractivity contribution in [3.05, 3.63) is 82.7 Å². The highest BCUT2D eigenvalue weighted by Gasteiger charge is 2.15. The molecule has 0 radical (unpaired) electrons. The molecule has 1 aromatic heterocycles. The van der Waals surface area contributed by atoms with E-state index in [0.29, 0.717) is 17.9 Å². The summed E-state index contributed by atoms with van der Waals surface area (Å²) in [6.07, 6.45) is 2.56. The van der Waals surface area contributed by atoms with Crippen molar-refractivity contribution >= 4 is 17.7 Å². The summed E-state index contributed by atoms with van der Waals surface area (Å²) >= 11 is 1.59. The monoisotopic (exact) mass is 421 g/mol. The van der Waals surface area contributed by atoms with E-state index in [4.69, 9.17) is 4.52 Å². The van der Waals surface area contributed by atoms with Crippen LogP contribution in [0.3, 0.4) is 0 Å². The number of benzene rings is 2. The van der Waals surface area contributed by atoms with Crippen LogP contribution in [0.25, 0.3) is 0 Å². The maximum Gasteiger partial charge on any atom is 0.252 e. The average Bonchev–Trinajstić information content (AvgIpc) is 3.43. The van der Waals surface area contributed by atoms with Gasteiger partial charge in [-0.05, 0) is 56.1 Å². The van der Waals surface area contributed by atoms with E-state index in [-0.39, 0.29) is 5.91 Å². The van der Waals surface area contributed by atoms with Gasteiger partial charge in [0.2, 0.25) is 0 Å². The number of aryl methyl sites for hydroxylation is 1. The van der Waals surface area contributed by atoms with E-state index in [1.807, 2.05) is 43.3 Å². The molecule has 5 nitrogen and oxygen atoms in total. The molecular formula is C24H27N3O2S. The van der Waals surface area contributed by atoms with E-state index in [1.54, 1.807) is 11.8 Å². The molecule has 0 atom stereocenters. The van der Waals surface area contributed by atoms with Gasteiger partial charge in [0.15, 0.2) is 0 Å². The lowest BCUT2D eigenvalue weighted by molar-refractivity contribution is 0.0948. The zero-order valence-electron chi connectivity index (χ0n) is 17.3. The molecule has 1 fully saturated rings. The molecule has 0 unspecified atom stereocenters. The number of thioether (sulfide) groups is 1. The van der Waals surface area contributed by atoms with Gasteiger partial charge in [0.05, 0.1) is 17.0 Å². The maximum absolute atomic E-state index is 12.9. The first-order valence-corrected chi connectivity index (χ1v) is 11.4. The quantitative estimate of drug-likeness (QED) is 0.530. The molecule has 1 aliphatic heterocycles. The number of hydrogen-bond acceptors (Lipinski definition) is 5. The SMILES string of the molecule is Cc1cc(CSc2ccccc2C(=O)NCc2ccccc2CN2CCCC2)on1. The fourth-order valence-electron chi connectivity index (χ4n) is 3.75. The molecule has 0 spiro atoms. The van der Waals surface area contributed by atoms with Crippen molar-refractivity contribution in [1.29, 1.82) is 0 Å². The van der Waals surface area contributed by atoms with E-state index in [1.165, 1.54) is 24.0 Å². The van der Waals surface area contributed by atoms with Crippen LogP contribution in [-0.2, 0) is 18.8 Å². The molecule has 30 heavy (non-hydrogen) atoms. The normalized spacial score (nSPS) is 14.2. The van der Waals surface area contributed by atoms with Crippen LogP contribution in [0.5, 0.6) is 0 Å². The molecule has 2 aromatic carbocycles. The molecule has 0 aliphatic carbocycles. The van der Waals surface area contributed by atoms with Gasteiger partial charge < -0.3 is 9.84 Å². The lowest BCUT2D eigenvalue weighted by Gasteiger charge is -2.18. The highest BCUT2D eigenvalue weighted by Crippen LogP contribution is 2.26. The number of rotatable bonds is 8. The Bertz CT molecular complexity index is 995. The first-order chi connectivity index (χ1) is 14.7. The third-order valence-corrected chi connectivity index (χ3v) is 6.42. The zero-order chi connectivity index (χ0) is 20.8. The average molecular weight is 422 g/mol. The first-order valence-electron chi connectivity index (χ1n) is 10.4. The van der Waals surface area contributed by atoms with E-state index in [9.17, 15) is 4.79 Å². The van der Waals surface area contributed by atoms with Crippen molar-refractivity contribution in [2.24, 2.45) is 0 Å². The van der Waals surface area contributed by atoms with E-state index in [0.717, 1.165) is 36.0 Å². The van der Waals surface area contributed by atoms with Crippen LogP contribution in [0.4, 0.5) is 0 Å². The van der Waals surface area contributed by atoms with Crippen LogP contribution < -0.4 is 5.32 Å². The summed E-state index contributed by atoms with van der Waals surface area (Å²) < 4.78 is 5.28. The van der Waals surface area contributed by atoms with E-state index < -0.39 is 0 Å². The predicted octanol–water partition coefficient (Wildman–Crippen LogP) is 4.80. The summed E-state index contributed by atoms with van der Waals surface area (Å²) in [5, 5.41) is 7.04. The van der Waals surface area contributed by atoms with Crippen LogP contribution in [0, 0.1) is 6.92 Å². The first kappa shape index (κ1) is 20.7. The summed E-state index contributed by atoms with van der Waals surface area (Å²) in [5.41, 5.74) is 4.03. The Balaban J connectivity index is 1.40. The Labute approximate surface area is 181 Å². The molecule has 156 valence electrons. The number of nitrogens with zero attached hydrogens (tertiary/aromatic N) is 2. The Morgan fingerprint density at radius 2 is 1.83 bits per heavy atom. The Kier molecular flexibility index (Phi) is 6.87. The van der Waals surface area contributed by atoms with Gasteiger partial charge in [-0.25, -0.2) is 0 Å². The largest absolute Gasteiger partial charge is 0.360 e. The Morgan fingerprint density at radius 3 is 2.60 bits per heavy atom. The summed E-state index contributed by atoms with van der Waals surface area (Å²) in [4.78, 5) is 16.4. The second-order valence-electron chi connectivity index (χ2n) is 7.65. The standard InChI is InChI=1S/C24H27N3O2S/c1-18-14-21(29-26-18)17-30-23-11-5-4-10-22(23)24(28)25-15-19-8-2-3-9-20(19)16-27-12-6-7-13-27/h2-5,8-11,14H,6-7,12-13,15-17H2,1H3,(H,25,28). The van der Waals surface area contributed by atoms with Crippen molar-refractivity contribution in [2.75, 3.05) is 13.1 Å². The maximum atomic E-state index is 12.9. The number of carbonyl (C=O) groups excluding carboxylic acids is 1. The third-order valence-electron chi connectivity index (χ3n) is 5.33. The molecule has 3 aromatic rings. The van der Waals surface area contributed by atoms with Gasteiger partial charge in [-0.3, -0.25) is 9.69 Å². The summed E-state index contributed by atoms with van der Waals surface area (Å²) in [6, 6.07) is 18.0. The molecule has 4 rings (SSSR count). The van der Waals surface area contributed by atoms with E-state index >= 15 is 0 Å². The molecule has 1 saturated heterocycles. The Morgan fingerprint density at radius 1 is 1.10 bits per heavy atom. The number of likely N-dealkylation sites (tertiary alicyclic amines) is 1. The fourth-order valence-corrected chi connectivity index (χ4v) is 4.67. The molecule has 0 saturated carbocycles. The molecule has 0 bridgehead atoms. The zero-order valence-corrected chi connectivity index (χ0v) is 18.1. The summed E-state index contributed by atoms with van der Waals surface area (Å²) in [5.74, 6) is 1.40. The van der Waals surface area contributed by atoms with Crippen molar-refractivity contribution in [1.82, 2.24) is 15.4 Å².